The molecule has 2 saturated heterocycles. The largest absolute Gasteiger partial charge is 0.507 e. The molecule has 8 heteroatoms. The molecule has 0 bridgehead atoms. The maximum atomic E-state index is 12.3. The van der Waals surface area contributed by atoms with Crippen molar-refractivity contribution in [3.05, 3.63) is 77.1 Å². The number of morpholine rings is 1. The Morgan fingerprint density at radius 3 is 2.51 bits per heavy atom. The van der Waals surface area contributed by atoms with E-state index in [9.17, 15) is 14.7 Å². The van der Waals surface area contributed by atoms with Crippen molar-refractivity contribution in [3.63, 3.8) is 0 Å². The first kappa shape index (κ1) is 22.9. The molecule has 3 heterocycles. The molecule has 2 aliphatic rings. The molecular formula is C27H28N4O4. The van der Waals surface area contributed by atoms with Crippen molar-refractivity contribution >= 4 is 17.6 Å². The van der Waals surface area contributed by atoms with E-state index in [1.807, 2.05) is 25.1 Å². The van der Waals surface area contributed by atoms with E-state index in [2.05, 4.69) is 39.5 Å². The lowest BCUT2D eigenvalue weighted by Gasteiger charge is -2.29. The van der Waals surface area contributed by atoms with Gasteiger partial charge in [0.15, 0.2) is 0 Å². The van der Waals surface area contributed by atoms with Crippen molar-refractivity contribution < 1.29 is 19.4 Å². The lowest BCUT2D eigenvalue weighted by Crippen LogP contribution is -2.36. The molecule has 2 N–H and O–H groups in total. The molecule has 2 fully saturated rings. The van der Waals surface area contributed by atoms with E-state index in [-0.39, 0.29) is 24.7 Å². The number of phenolic OH excluding ortho intramolecular Hbond substituents is 1. The van der Waals surface area contributed by atoms with Gasteiger partial charge in [-0.3, -0.25) is 15.1 Å². The van der Waals surface area contributed by atoms with Gasteiger partial charge in [-0.05, 0) is 46.9 Å². The number of amides is 3. The summed E-state index contributed by atoms with van der Waals surface area (Å²) in [6, 6.07) is 13.6. The molecule has 2 aromatic carbocycles. The van der Waals surface area contributed by atoms with Gasteiger partial charge < -0.3 is 19.6 Å². The molecule has 0 aliphatic carbocycles. The monoisotopic (exact) mass is 472 g/mol. The van der Waals surface area contributed by atoms with E-state index in [1.54, 1.807) is 12.4 Å². The number of ether oxygens (including phenoxy) is 1. The number of pyridine rings is 1. The highest BCUT2D eigenvalue weighted by molar-refractivity contribution is 6.01. The van der Waals surface area contributed by atoms with Gasteiger partial charge in [-0.1, -0.05) is 30.3 Å². The summed E-state index contributed by atoms with van der Waals surface area (Å²) in [5.74, 6) is -0.0499. The minimum atomic E-state index is -0.398. The fraction of sp³-hybridized carbons (Fsp3) is 0.296. The van der Waals surface area contributed by atoms with Crippen molar-refractivity contribution in [1.29, 1.82) is 0 Å². The molecule has 1 aromatic heterocycles. The number of hydrogen-bond acceptors (Lipinski definition) is 6. The molecule has 0 spiro atoms. The number of urea groups is 1. The zero-order valence-electron chi connectivity index (χ0n) is 19.7. The number of para-hydroxylation sites is 1. The number of aromatic hydroxyl groups is 1. The molecule has 2 aliphatic heterocycles. The van der Waals surface area contributed by atoms with Crippen molar-refractivity contribution in [2.75, 3.05) is 37.7 Å². The predicted octanol–water partition coefficient (Wildman–Crippen LogP) is 3.24. The zero-order valence-corrected chi connectivity index (χ0v) is 19.7. The molecule has 3 aromatic rings. The van der Waals surface area contributed by atoms with E-state index in [1.165, 1.54) is 4.90 Å². The maximum absolute atomic E-state index is 12.3. The van der Waals surface area contributed by atoms with E-state index in [4.69, 9.17) is 4.74 Å². The summed E-state index contributed by atoms with van der Waals surface area (Å²) >= 11 is 0. The van der Waals surface area contributed by atoms with E-state index < -0.39 is 6.03 Å². The highest BCUT2D eigenvalue weighted by Crippen LogP contribution is 2.32. The minimum absolute atomic E-state index is 0.0195. The molecule has 0 unspecified atom stereocenters. The fourth-order valence-electron chi connectivity index (χ4n) is 4.66. The third-order valence-corrected chi connectivity index (χ3v) is 6.62. The first-order valence-corrected chi connectivity index (χ1v) is 11.7. The summed E-state index contributed by atoms with van der Waals surface area (Å²) in [5, 5.41) is 13.0. The highest BCUT2D eigenvalue weighted by atomic mass is 16.5. The lowest BCUT2D eigenvalue weighted by atomic mass is 9.93. The molecule has 8 nitrogen and oxygen atoms in total. The van der Waals surface area contributed by atoms with Crippen LogP contribution in [0.3, 0.4) is 0 Å². The summed E-state index contributed by atoms with van der Waals surface area (Å²) in [6.45, 7) is 5.32. The number of benzene rings is 2. The van der Waals surface area contributed by atoms with Crippen LogP contribution >= 0.6 is 0 Å². The minimum Gasteiger partial charge on any atom is -0.507 e. The van der Waals surface area contributed by atoms with E-state index >= 15 is 0 Å². The molecule has 5 rings (SSSR count). The van der Waals surface area contributed by atoms with Crippen molar-refractivity contribution in [1.82, 2.24) is 15.2 Å². The Hall–Kier alpha value is -3.91. The maximum Gasteiger partial charge on any atom is 0.324 e. The number of imide groups is 1. The van der Waals surface area contributed by atoms with Crippen molar-refractivity contribution in [3.8, 4) is 16.9 Å². The number of hydrogen-bond donors (Lipinski definition) is 2. The number of carbonyl (C=O) groups excluding carboxylic acids is 2. The molecule has 3 amide bonds. The number of aryl methyl sites for hydroxylation is 1. The normalized spacial score (nSPS) is 16.0. The first-order valence-electron chi connectivity index (χ1n) is 11.7. The van der Waals surface area contributed by atoms with Gasteiger partial charge in [-0.15, -0.1) is 0 Å². The molecular weight excluding hydrogens is 444 g/mol. The fourth-order valence-corrected chi connectivity index (χ4v) is 4.66. The standard InChI is InChI=1S/C27H28N4O4/c1-18-3-2-4-20(26(18)33)13-21-14-28-15-23(24(21)16-31-17-25(32)29-27(31)34)19-5-7-22(8-6-19)30-9-11-35-12-10-30/h2-8,14-15,33H,9-13,16-17H2,1H3,(H,29,32,34). The molecule has 0 radical (unpaired) electrons. The van der Waals surface area contributed by atoms with Gasteiger partial charge in [0.1, 0.15) is 12.3 Å². The molecule has 0 saturated carbocycles. The summed E-state index contributed by atoms with van der Waals surface area (Å²) in [5.41, 5.74) is 6.40. The lowest BCUT2D eigenvalue weighted by molar-refractivity contribution is -0.118. The van der Waals surface area contributed by atoms with Gasteiger partial charge in [0, 0.05) is 49.7 Å². The number of rotatable bonds is 6. The number of aromatic nitrogens is 1. The average Bonchev–Trinajstić information content (AvgIpc) is 3.20. The highest BCUT2D eigenvalue weighted by Gasteiger charge is 2.28. The SMILES string of the molecule is Cc1cccc(Cc2cncc(-c3ccc(N4CCOCC4)cc3)c2CN2CC(=O)NC2=O)c1O. The van der Waals surface area contributed by atoms with Crippen LogP contribution in [0.2, 0.25) is 0 Å². The third-order valence-electron chi connectivity index (χ3n) is 6.62. The number of nitrogens with zero attached hydrogens (tertiary/aromatic N) is 3. The van der Waals surface area contributed by atoms with Gasteiger partial charge in [0.25, 0.3) is 0 Å². The number of phenols is 1. The summed E-state index contributed by atoms with van der Waals surface area (Å²) < 4.78 is 5.46. The van der Waals surface area contributed by atoms with Crippen LogP contribution in [0.1, 0.15) is 22.3 Å². The molecule has 0 atom stereocenters. The smallest absolute Gasteiger partial charge is 0.324 e. The molecule has 35 heavy (non-hydrogen) atoms. The summed E-state index contributed by atoms with van der Waals surface area (Å²) in [7, 11) is 0. The van der Waals surface area contributed by atoms with Gasteiger partial charge in [0.2, 0.25) is 5.91 Å². The van der Waals surface area contributed by atoms with Crippen LogP contribution in [0.25, 0.3) is 11.1 Å². The van der Waals surface area contributed by atoms with Gasteiger partial charge >= 0.3 is 6.03 Å². The van der Waals surface area contributed by atoms with Crippen molar-refractivity contribution in [2.45, 2.75) is 19.9 Å². The number of nitrogens with one attached hydrogen (secondary N) is 1. The Labute approximate surface area is 204 Å². The second-order valence-electron chi connectivity index (χ2n) is 8.94. The van der Waals surface area contributed by atoms with Crippen molar-refractivity contribution in [2.24, 2.45) is 0 Å². The van der Waals surface area contributed by atoms with E-state index in [0.29, 0.717) is 6.42 Å². The second-order valence-corrected chi connectivity index (χ2v) is 8.94. The van der Waals surface area contributed by atoms with Crippen LogP contribution in [0, 0.1) is 6.92 Å². The Morgan fingerprint density at radius 1 is 1.03 bits per heavy atom. The predicted molar refractivity (Wildman–Crippen MR) is 132 cm³/mol. The molecule has 180 valence electrons. The number of carbonyl (C=O) groups is 2. The van der Waals surface area contributed by atoms with Crippen LogP contribution in [-0.4, -0.2) is 59.8 Å². The van der Waals surface area contributed by atoms with Crippen LogP contribution in [0.15, 0.2) is 54.9 Å². The summed E-state index contributed by atoms with van der Waals surface area (Å²) in [4.78, 5) is 32.5. The topological polar surface area (TPSA) is 95.0 Å². The Morgan fingerprint density at radius 2 is 1.80 bits per heavy atom. The quantitative estimate of drug-likeness (QED) is 0.535. The Kier molecular flexibility index (Phi) is 6.37. The van der Waals surface area contributed by atoms with Gasteiger partial charge in [0.05, 0.1) is 13.2 Å². The van der Waals surface area contributed by atoms with Crippen LogP contribution in [0.5, 0.6) is 5.75 Å². The second kappa shape index (κ2) is 9.76. The van der Waals surface area contributed by atoms with Crippen LogP contribution in [0.4, 0.5) is 10.5 Å². The Bertz CT molecular complexity index is 1250. The zero-order chi connectivity index (χ0) is 24.4. The number of anilines is 1. The average molecular weight is 473 g/mol. The van der Waals surface area contributed by atoms with Gasteiger partial charge in [-0.25, -0.2) is 4.79 Å². The third kappa shape index (κ3) is 4.83. The van der Waals surface area contributed by atoms with Crippen LogP contribution < -0.4 is 10.2 Å². The Balaban J connectivity index is 1.52. The van der Waals surface area contributed by atoms with Crippen LogP contribution in [-0.2, 0) is 22.5 Å². The van der Waals surface area contributed by atoms with Gasteiger partial charge in [-0.2, -0.15) is 0 Å². The first-order chi connectivity index (χ1) is 17.0. The summed E-state index contributed by atoms with van der Waals surface area (Å²) in [6.07, 6.45) is 4.03. The van der Waals surface area contributed by atoms with E-state index in [0.717, 1.165) is 65.4 Å².